The summed E-state index contributed by atoms with van der Waals surface area (Å²) >= 11 is 0. The average Bonchev–Trinajstić information content (AvgIpc) is 2.75. The molecule has 0 amide bonds. The van der Waals surface area contributed by atoms with Crippen LogP contribution in [0.5, 0.6) is 0 Å². The van der Waals surface area contributed by atoms with Crippen molar-refractivity contribution in [2.24, 2.45) is 0 Å². The molecule has 1 aromatic heterocycles. The summed E-state index contributed by atoms with van der Waals surface area (Å²) in [5.74, 6) is 1.00. The van der Waals surface area contributed by atoms with Gasteiger partial charge in [-0.05, 0) is 26.0 Å². The molecule has 1 atom stereocenters. The van der Waals surface area contributed by atoms with Gasteiger partial charge in [-0.1, -0.05) is 19.1 Å². The van der Waals surface area contributed by atoms with Crippen LogP contribution in [0.15, 0.2) is 24.3 Å². The Labute approximate surface area is 114 Å². The summed E-state index contributed by atoms with van der Waals surface area (Å²) < 4.78 is 7.54. The van der Waals surface area contributed by atoms with Crippen molar-refractivity contribution in [3.05, 3.63) is 30.1 Å². The fraction of sp³-hybridized carbons (Fsp3) is 0.533. The molecule has 0 spiro atoms. The molecule has 1 aromatic carbocycles. The molecule has 1 N–H and O–H groups in total. The quantitative estimate of drug-likeness (QED) is 0.869. The summed E-state index contributed by atoms with van der Waals surface area (Å²) in [5, 5.41) is 10.1. The number of aryl methyl sites for hydroxylation is 1. The molecule has 0 saturated heterocycles. The zero-order chi connectivity index (χ0) is 13.8. The van der Waals surface area contributed by atoms with Gasteiger partial charge < -0.3 is 14.4 Å². The van der Waals surface area contributed by atoms with Crippen LogP contribution in [0.25, 0.3) is 11.0 Å². The second kappa shape index (κ2) is 6.17. The summed E-state index contributed by atoms with van der Waals surface area (Å²) in [5.41, 5.74) is 2.05. The normalized spacial score (nSPS) is 13.3. The first-order chi connectivity index (χ1) is 9.11. The van der Waals surface area contributed by atoms with Gasteiger partial charge in [0, 0.05) is 6.42 Å². The minimum atomic E-state index is -0.509. The Morgan fingerprint density at radius 2 is 2.05 bits per heavy atom. The lowest BCUT2D eigenvalue weighted by molar-refractivity contribution is -0.000544. The number of fused-ring (bicyclic) bond motifs is 1. The lowest BCUT2D eigenvalue weighted by Crippen LogP contribution is -2.24. The predicted octanol–water partition coefficient (Wildman–Crippen LogP) is 2.38. The number of para-hydroxylation sites is 2. The first-order valence-electron chi connectivity index (χ1n) is 6.85. The van der Waals surface area contributed by atoms with Crippen molar-refractivity contribution < 1.29 is 9.84 Å². The van der Waals surface area contributed by atoms with E-state index in [1.165, 1.54) is 0 Å². The summed E-state index contributed by atoms with van der Waals surface area (Å²) in [6.45, 7) is 6.89. The number of hydrogen-bond donors (Lipinski definition) is 1. The van der Waals surface area contributed by atoms with Crippen LogP contribution in [0, 0.1) is 0 Å². The summed E-state index contributed by atoms with van der Waals surface area (Å²) in [7, 11) is 0. The topological polar surface area (TPSA) is 47.3 Å². The van der Waals surface area contributed by atoms with E-state index in [1.807, 2.05) is 38.1 Å². The molecule has 4 heteroatoms. The van der Waals surface area contributed by atoms with E-state index < -0.39 is 6.10 Å². The minimum Gasteiger partial charge on any atom is -0.389 e. The second-order valence-corrected chi connectivity index (χ2v) is 5.02. The van der Waals surface area contributed by atoms with Gasteiger partial charge >= 0.3 is 0 Å². The first-order valence-corrected chi connectivity index (χ1v) is 6.85. The predicted molar refractivity (Wildman–Crippen MR) is 76.2 cm³/mol. The molecule has 2 aromatic rings. The SMILES string of the molecule is CCc1nc2ccccc2n1CC(O)COC(C)C. The number of aliphatic hydroxyl groups excluding tert-OH is 1. The van der Waals surface area contributed by atoms with Crippen molar-refractivity contribution in [1.82, 2.24) is 9.55 Å². The van der Waals surface area contributed by atoms with Crippen molar-refractivity contribution in [3.63, 3.8) is 0 Å². The van der Waals surface area contributed by atoms with Gasteiger partial charge in [0.2, 0.25) is 0 Å². The molecule has 2 rings (SSSR count). The maximum atomic E-state index is 10.1. The maximum absolute atomic E-state index is 10.1. The van der Waals surface area contributed by atoms with Crippen LogP contribution in [-0.4, -0.2) is 33.5 Å². The number of imidazole rings is 1. The molecule has 1 unspecified atom stereocenters. The van der Waals surface area contributed by atoms with Gasteiger partial charge in [-0.25, -0.2) is 4.98 Å². The minimum absolute atomic E-state index is 0.139. The van der Waals surface area contributed by atoms with Crippen LogP contribution in [0.3, 0.4) is 0 Å². The van der Waals surface area contributed by atoms with E-state index in [4.69, 9.17) is 4.74 Å². The number of aromatic nitrogens is 2. The van der Waals surface area contributed by atoms with Crippen molar-refractivity contribution in [2.45, 2.75) is 45.9 Å². The molecule has 0 fully saturated rings. The Kier molecular flexibility index (Phi) is 4.56. The number of aliphatic hydroxyl groups is 1. The molecule has 1 heterocycles. The number of nitrogens with zero attached hydrogens (tertiary/aromatic N) is 2. The molecule has 104 valence electrons. The van der Waals surface area contributed by atoms with Gasteiger partial charge in [0.05, 0.1) is 36.4 Å². The first kappa shape index (κ1) is 14.0. The van der Waals surface area contributed by atoms with E-state index in [1.54, 1.807) is 0 Å². The van der Waals surface area contributed by atoms with E-state index in [0.717, 1.165) is 23.3 Å². The fourth-order valence-electron chi connectivity index (χ4n) is 2.17. The fourth-order valence-corrected chi connectivity index (χ4v) is 2.17. The molecular weight excluding hydrogens is 240 g/mol. The van der Waals surface area contributed by atoms with Gasteiger partial charge in [-0.15, -0.1) is 0 Å². The van der Waals surface area contributed by atoms with E-state index in [0.29, 0.717) is 13.2 Å². The van der Waals surface area contributed by atoms with E-state index >= 15 is 0 Å². The highest BCUT2D eigenvalue weighted by Crippen LogP contribution is 2.17. The zero-order valence-electron chi connectivity index (χ0n) is 11.8. The average molecular weight is 262 g/mol. The molecule has 0 radical (unpaired) electrons. The van der Waals surface area contributed by atoms with Gasteiger partial charge in [0.15, 0.2) is 0 Å². The molecule has 0 aliphatic rings. The Bertz CT molecular complexity index is 534. The van der Waals surface area contributed by atoms with Crippen LogP contribution in [0.4, 0.5) is 0 Å². The third-order valence-corrected chi connectivity index (χ3v) is 3.07. The van der Waals surface area contributed by atoms with Crippen LogP contribution < -0.4 is 0 Å². The lowest BCUT2D eigenvalue weighted by Gasteiger charge is -2.16. The Morgan fingerprint density at radius 1 is 1.32 bits per heavy atom. The van der Waals surface area contributed by atoms with Crippen molar-refractivity contribution >= 4 is 11.0 Å². The Morgan fingerprint density at radius 3 is 2.74 bits per heavy atom. The van der Waals surface area contributed by atoms with Crippen LogP contribution >= 0.6 is 0 Å². The molecule has 4 nitrogen and oxygen atoms in total. The molecule has 0 saturated carbocycles. The number of hydrogen-bond acceptors (Lipinski definition) is 3. The number of ether oxygens (including phenoxy) is 1. The van der Waals surface area contributed by atoms with Crippen LogP contribution in [-0.2, 0) is 17.7 Å². The monoisotopic (exact) mass is 262 g/mol. The number of benzene rings is 1. The molecule has 0 aliphatic heterocycles. The van der Waals surface area contributed by atoms with Crippen LogP contribution in [0.1, 0.15) is 26.6 Å². The molecule has 19 heavy (non-hydrogen) atoms. The number of rotatable bonds is 6. The molecular formula is C15H22N2O2. The zero-order valence-corrected chi connectivity index (χ0v) is 11.8. The second-order valence-electron chi connectivity index (χ2n) is 5.02. The van der Waals surface area contributed by atoms with Gasteiger partial charge in [0.25, 0.3) is 0 Å². The smallest absolute Gasteiger partial charge is 0.109 e. The van der Waals surface area contributed by atoms with Crippen molar-refractivity contribution in [3.8, 4) is 0 Å². The highest BCUT2D eigenvalue weighted by atomic mass is 16.5. The van der Waals surface area contributed by atoms with Crippen molar-refractivity contribution in [2.75, 3.05) is 6.61 Å². The third-order valence-electron chi connectivity index (χ3n) is 3.07. The van der Waals surface area contributed by atoms with Gasteiger partial charge in [-0.2, -0.15) is 0 Å². The Hall–Kier alpha value is -1.39. The van der Waals surface area contributed by atoms with Gasteiger partial charge in [-0.3, -0.25) is 0 Å². The summed E-state index contributed by atoms with van der Waals surface area (Å²) in [4.78, 5) is 4.59. The summed E-state index contributed by atoms with van der Waals surface area (Å²) in [6.07, 6.45) is 0.483. The van der Waals surface area contributed by atoms with E-state index in [2.05, 4.69) is 16.5 Å². The van der Waals surface area contributed by atoms with E-state index in [9.17, 15) is 5.11 Å². The highest BCUT2D eigenvalue weighted by molar-refractivity contribution is 5.75. The van der Waals surface area contributed by atoms with E-state index in [-0.39, 0.29) is 6.10 Å². The van der Waals surface area contributed by atoms with Crippen molar-refractivity contribution in [1.29, 1.82) is 0 Å². The molecule has 0 bridgehead atoms. The standard InChI is InChI=1S/C15H22N2O2/c1-4-15-16-13-7-5-6-8-14(13)17(15)9-12(18)10-19-11(2)3/h5-8,11-12,18H,4,9-10H2,1-3H3. The summed E-state index contributed by atoms with van der Waals surface area (Å²) in [6, 6.07) is 8.02. The maximum Gasteiger partial charge on any atom is 0.109 e. The highest BCUT2D eigenvalue weighted by Gasteiger charge is 2.13. The lowest BCUT2D eigenvalue weighted by atomic mass is 10.3. The molecule has 0 aliphatic carbocycles. The Balaban J connectivity index is 2.18. The third kappa shape index (κ3) is 3.33. The van der Waals surface area contributed by atoms with Crippen LogP contribution in [0.2, 0.25) is 0 Å². The largest absolute Gasteiger partial charge is 0.389 e. The van der Waals surface area contributed by atoms with Gasteiger partial charge in [0.1, 0.15) is 5.82 Å².